The van der Waals surface area contributed by atoms with Crippen LogP contribution < -0.4 is 14.8 Å². The van der Waals surface area contributed by atoms with Crippen LogP contribution in [0.2, 0.25) is 5.02 Å². The molecule has 0 heterocycles. The molecule has 3 aromatic rings. The molecule has 0 aromatic heterocycles. The molecule has 0 unspecified atom stereocenters. The number of rotatable bonds is 8. The fourth-order valence-electron chi connectivity index (χ4n) is 3.35. The molecule has 0 aliphatic rings. The third-order valence-corrected chi connectivity index (χ3v) is 6.91. The number of methoxy groups -OCH3 is 1. The summed E-state index contributed by atoms with van der Waals surface area (Å²) < 4.78 is 33.5. The number of para-hydroxylation sites is 1. The minimum atomic E-state index is -3.98. The van der Waals surface area contributed by atoms with E-state index in [4.69, 9.17) is 16.3 Å². The van der Waals surface area contributed by atoms with Crippen LogP contribution in [0.15, 0.2) is 71.6 Å². The molecule has 0 bridgehead atoms. The Morgan fingerprint density at radius 1 is 1.06 bits per heavy atom. The Hall–Kier alpha value is -3.03. The number of sulfonamides is 1. The molecule has 0 saturated carbocycles. The van der Waals surface area contributed by atoms with Crippen LogP contribution in [0.3, 0.4) is 0 Å². The number of amides is 1. The van der Waals surface area contributed by atoms with Crippen molar-refractivity contribution in [2.75, 3.05) is 11.8 Å². The van der Waals surface area contributed by atoms with Crippen LogP contribution >= 0.6 is 11.6 Å². The van der Waals surface area contributed by atoms with Crippen molar-refractivity contribution in [1.82, 2.24) is 5.32 Å². The van der Waals surface area contributed by atoms with Crippen molar-refractivity contribution < 1.29 is 17.9 Å². The molecule has 3 aromatic carbocycles. The maximum absolute atomic E-state index is 13.0. The summed E-state index contributed by atoms with van der Waals surface area (Å²) in [6.45, 7) is 3.90. The lowest BCUT2D eigenvalue weighted by Crippen LogP contribution is -2.28. The molecule has 0 fully saturated rings. The van der Waals surface area contributed by atoms with Gasteiger partial charge in [-0.05, 0) is 60.9 Å². The Kier molecular flexibility index (Phi) is 7.43. The zero-order valence-electron chi connectivity index (χ0n) is 18.1. The van der Waals surface area contributed by atoms with Crippen molar-refractivity contribution in [2.45, 2.75) is 31.2 Å². The number of hydrogen-bond acceptors (Lipinski definition) is 4. The van der Waals surface area contributed by atoms with E-state index in [1.165, 1.54) is 18.2 Å². The van der Waals surface area contributed by atoms with Gasteiger partial charge in [0.15, 0.2) is 0 Å². The van der Waals surface area contributed by atoms with Crippen molar-refractivity contribution in [3.8, 4) is 5.75 Å². The maximum Gasteiger partial charge on any atom is 0.263 e. The number of hydrogen-bond donors (Lipinski definition) is 2. The van der Waals surface area contributed by atoms with Crippen molar-refractivity contribution >= 4 is 33.2 Å². The second-order valence-electron chi connectivity index (χ2n) is 7.28. The van der Waals surface area contributed by atoms with E-state index in [1.54, 1.807) is 37.4 Å². The van der Waals surface area contributed by atoms with Crippen LogP contribution in [0.1, 0.15) is 40.9 Å². The van der Waals surface area contributed by atoms with Gasteiger partial charge in [-0.2, -0.15) is 0 Å². The van der Waals surface area contributed by atoms with Gasteiger partial charge >= 0.3 is 0 Å². The highest BCUT2D eigenvalue weighted by atomic mass is 35.5. The molecular formula is C24H25ClN2O4S. The smallest absolute Gasteiger partial charge is 0.263 e. The number of halogens is 1. The largest absolute Gasteiger partial charge is 0.496 e. The SMILES string of the molecule is CC[C@H](NC(=O)c1ccc(Cl)c(S(=O)(=O)Nc2ccccc2)c1)c1ccc(OC)c(C)c1. The van der Waals surface area contributed by atoms with Crippen molar-refractivity contribution in [1.29, 1.82) is 0 Å². The van der Waals surface area contributed by atoms with E-state index in [-0.39, 0.29) is 21.5 Å². The topological polar surface area (TPSA) is 84.5 Å². The predicted molar refractivity (Wildman–Crippen MR) is 127 cm³/mol. The first-order chi connectivity index (χ1) is 15.2. The summed E-state index contributed by atoms with van der Waals surface area (Å²) in [5, 5.41) is 3.00. The molecule has 8 heteroatoms. The van der Waals surface area contributed by atoms with Crippen LogP contribution in [0.4, 0.5) is 5.69 Å². The molecule has 1 atom stereocenters. The summed E-state index contributed by atoms with van der Waals surface area (Å²) >= 11 is 6.16. The van der Waals surface area contributed by atoms with Crippen LogP contribution in [-0.2, 0) is 10.0 Å². The molecule has 3 rings (SSSR count). The summed E-state index contributed by atoms with van der Waals surface area (Å²) in [7, 11) is -2.36. The molecule has 32 heavy (non-hydrogen) atoms. The molecule has 0 aliphatic heterocycles. The first kappa shape index (κ1) is 23.6. The lowest BCUT2D eigenvalue weighted by molar-refractivity contribution is 0.0935. The fourth-order valence-corrected chi connectivity index (χ4v) is 4.93. The third kappa shape index (κ3) is 5.41. The van der Waals surface area contributed by atoms with Crippen LogP contribution in [0, 0.1) is 6.92 Å². The molecule has 6 nitrogen and oxygen atoms in total. The Balaban J connectivity index is 1.85. The first-order valence-electron chi connectivity index (χ1n) is 10.1. The van der Waals surface area contributed by atoms with E-state index >= 15 is 0 Å². The monoisotopic (exact) mass is 472 g/mol. The number of carbonyl (C=O) groups is 1. The summed E-state index contributed by atoms with van der Waals surface area (Å²) in [6.07, 6.45) is 0.659. The number of carbonyl (C=O) groups excluding carboxylic acids is 1. The Bertz CT molecular complexity index is 1210. The number of anilines is 1. The Labute approximate surface area is 193 Å². The highest BCUT2D eigenvalue weighted by Gasteiger charge is 2.22. The average molecular weight is 473 g/mol. The van der Waals surface area contributed by atoms with Crippen LogP contribution in [-0.4, -0.2) is 21.4 Å². The Morgan fingerprint density at radius 2 is 1.78 bits per heavy atom. The third-order valence-electron chi connectivity index (χ3n) is 5.04. The summed E-state index contributed by atoms with van der Waals surface area (Å²) in [5.41, 5.74) is 2.50. The first-order valence-corrected chi connectivity index (χ1v) is 11.9. The van der Waals surface area contributed by atoms with Gasteiger partial charge in [0, 0.05) is 11.3 Å². The molecule has 1 amide bonds. The minimum Gasteiger partial charge on any atom is -0.496 e. The van der Waals surface area contributed by atoms with E-state index in [2.05, 4.69) is 10.0 Å². The van der Waals surface area contributed by atoms with Crippen molar-refractivity contribution in [2.24, 2.45) is 0 Å². The summed E-state index contributed by atoms with van der Waals surface area (Å²) in [4.78, 5) is 12.8. The lowest BCUT2D eigenvalue weighted by Gasteiger charge is -2.19. The van der Waals surface area contributed by atoms with Crippen LogP contribution in [0.5, 0.6) is 5.75 Å². The molecular weight excluding hydrogens is 448 g/mol. The van der Waals surface area contributed by atoms with Gasteiger partial charge < -0.3 is 10.1 Å². The van der Waals surface area contributed by atoms with E-state index in [9.17, 15) is 13.2 Å². The van der Waals surface area contributed by atoms with E-state index < -0.39 is 15.9 Å². The molecule has 0 radical (unpaired) electrons. The summed E-state index contributed by atoms with van der Waals surface area (Å²) in [6, 6.07) is 18.2. The van der Waals surface area contributed by atoms with Gasteiger partial charge in [0.1, 0.15) is 10.6 Å². The van der Waals surface area contributed by atoms with E-state index in [1.807, 2.05) is 32.0 Å². The van der Waals surface area contributed by atoms with Gasteiger partial charge in [-0.15, -0.1) is 0 Å². The van der Waals surface area contributed by atoms with Gasteiger partial charge in [0.2, 0.25) is 0 Å². The highest BCUT2D eigenvalue weighted by Crippen LogP contribution is 2.27. The number of nitrogens with one attached hydrogen (secondary N) is 2. The van der Waals surface area contributed by atoms with Gasteiger partial charge in [0.05, 0.1) is 18.2 Å². The standard InChI is InChI=1S/C24H25ClN2O4S/c1-4-21(17-11-13-22(31-3)16(2)14-17)26-24(28)18-10-12-20(25)23(15-18)32(29,30)27-19-8-6-5-7-9-19/h5-15,21,27H,4H2,1-3H3,(H,26,28)/t21-/m0/s1. The zero-order valence-corrected chi connectivity index (χ0v) is 19.6. The van der Waals surface area contributed by atoms with Crippen LogP contribution in [0.25, 0.3) is 0 Å². The quantitative estimate of drug-likeness (QED) is 0.463. The molecule has 168 valence electrons. The fraction of sp³-hybridized carbons (Fsp3) is 0.208. The van der Waals surface area contributed by atoms with Crippen molar-refractivity contribution in [3.05, 3.63) is 88.4 Å². The van der Waals surface area contributed by atoms with E-state index in [0.717, 1.165) is 16.9 Å². The molecule has 2 N–H and O–H groups in total. The maximum atomic E-state index is 13.0. The molecule has 0 aliphatic carbocycles. The highest BCUT2D eigenvalue weighted by molar-refractivity contribution is 7.92. The lowest BCUT2D eigenvalue weighted by atomic mass is 10.0. The predicted octanol–water partition coefficient (Wildman–Crippen LogP) is 5.34. The molecule has 0 saturated heterocycles. The summed E-state index contributed by atoms with van der Waals surface area (Å²) in [5.74, 6) is 0.381. The normalized spacial score (nSPS) is 12.1. The van der Waals surface area contributed by atoms with Gasteiger partial charge in [-0.25, -0.2) is 8.42 Å². The second kappa shape index (κ2) is 10.1. The number of ether oxygens (including phenoxy) is 1. The van der Waals surface area contributed by atoms with E-state index in [0.29, 0.717) is 12.1 Å². The van der Waals surface area contributed by atoms with Gasteiger partial charge in [-0.1, -0.05) is 48.9 Å². The second-order valence-corrected chi connectivity index (χ2v) is 9.34. The number of aryl methyl sites for hydroxylation is 1. The van der Waals surface area contributed by atoms with Crippen molar-refractivity contribution in [3.63, 3.8) is 0 Å². The van der Waals surface area contributed by atoms with Gasteiger partial charge in [0.25, 0.3) is 15.9 Å². The Morgan fingerprint density at radius 3 is 2.41 bits per heavy atom. The molecule has 0 spiro atoms. The van der Waals surface area contributed by atoms with Gasteiger partial charge in [-0.3, -0.25) is 9.52 Å². The zero-order chi connectivity index (χ0) is 23.3. The minimum absolute atomic E-state index is 0.0304. The average Bonchev–Trinajstić information content (AvgIpc) is 2.77. The number of benzene rings is 3.